The summed E-state index contributed by atoms with van der Waals surface area (Å²) in [5.41, 5.74) is 1.35. The normalized spacial score (nSPS) is 11.0. The lowest BCUT2D eigenvalue weighted by Gasteiger charge is -2.05. The van der Waals surface area contributed by atoms with Gasteiger partial charge >= 0.3 is 0 Å². The van der Waals surface area contributed by atoms with E-state index in [-0.39, 0.29) is 18.2 Å². The van der Waals surface area contributed by atoms with Crippen molar-refractivity contribution < 1.29 is 18.3 Å². The molecule has 0 amide bonds. The Labute approximate surface area is 155 Å². The molecule has 0 aliphatic carbocycles. The van der Waals surface area contributed by atoms with Crippen molar-refractivity contribution >= 4 is 23.5 Å². The first-order valence-electron chi connectivity index (χ1n) is 7.97. The minimum atomic E-state index is -0.378. The number of aryl methyl sites for hydroxylation is 1. The lowest BCUT2D eigenvalue weighted by Crippen LogP contribution is -1.94. The second-order valence-corrected chi connectivity index (χ2v) is 6.12. The highest BCUT2D eigenvalue weighted by molar-refractivity contribution is 6.31. The van der Waals surface area contributed by atoms with E-state index in [1.807, 2.05) is 13.0 Å². The topological polar surface area (TPSA) is 39.4 Å². The molecular formula is C21H16ClFO3. The van der Waals surface area contributed by atoms with Gasteiger partial charge in [-0.25, -0.2) is 4.39 Å². The van der Waals surface area contributed by atoms with E-state index in [0.29, 0.717) is 27.9 Å². The number of hydrogen-bond acceptors (Lipinski definition) is 3. The molecule has 0 N–H and O–H groups in total. The van der Waals surface area contributed by atoms with Gasteiger partial charge in [-0.05, 0) is 79.2 Å². The lowest BCUT2D eigenvalue weighted by atomic mass is 10.1. The highest BCUT2D eigenvalue weighted by Gasteiger charge is 2.05. The van der Waals surface area contributed by atoms with Crippen LogP contribution in [-0.4, -0.2) is 5.78 Å². The molecule has 0 atom stereocenters. The van der Waals surface area contributed by atoms with Crippen molar-refractivity contribution in [2.24, 2.45) is 0 Å². The third-order valence-electron chi connectivity index (χ3n) is 3.72. The fourth-order valence-corrected chi connectivity index (χ4v) is 2.41. The molecular weight excluding hydrogens is 355 g/mol. The SMILES string of the molecule is Cc1cc(OCc2ccc(/C=C/C(=O)c3ccc(F)cc3)o2)ccc1Cl. The molecule has 5 heteroatoms. The molecule has 132 valence electrons. The van der Waals surface area contributed by atoms with Crippen molar-refractivity contribution in [3.8, 4) is 5.75 Å². The van der Waals surface area contributed by atoms with E-state index < -0.39 is 0 Å². The number of ether oxygens (including phenoxy) is 1. The zero-order valence-corrected chi connectivity index (χ0v) is 14.8. The first kappa shape index (κ1) is 18.0. The molecule has 1 aromatic heterocycles. The molecule has 3 aromatic rings. The van der Waals surface area contributed by atoms with Crippen LogP contribution in [0.3, 0.4) is 0 Å². The molecule has 0 aliphatic heterocycles. The van der Waals surface area contributed by atoms with E-state index in [1.54, 1.807) is 30.3 Å². The monoisotopic (exact) mass is 370 g/mol. The number of furan rings is 1. The molecule has 2 aromatic carbocycles. The van der Waals surface area contributed by atoms with Gasteiger partial charge in [0, 0.05) is 10.6 Å². The molecule has 26 heavy (non-hydrogen) atoms. The maximum absolute atomic E-state index is 12.9. The zero-order valence-electron chi connectivity index (χ0n) is 14.0. The minimum absolute atomic E-state index is 0.226. The summed E-state index contributed by atoms with van der Waals surface area (Å²) in [6, 6.07) is 14.3. The van der Waals surface area contributed by atoms with Crippen LogP contribution in [-0.2, 0) is 6.61 Å². The molecule has 0 saturated heterocycles. The van der Waals surface area contributed by atoms with Gasteiger partial charge < -0.3 is 9.15 Å². The summed E-state index contributed by atoms with van der Waals surface area (Å²) in [6.07, 6.45) is 2.96. The van der Waals surface area contributed by atoms with Crippen molar-refractivity contribution in [3.63, 3.8) is 0 Å². The van der Waals surface area contributed by atoms with Crippen LogP contribution in [0.2, 0.25) is 5.02 Å². The average molecular weight is 371 g/mol. The molecule has 0 aliphatic rings. The number of carbonyl (C=O) groups is 1. The highest BCUT2D eigenvalue weighted by atomic mass is 35.5. The molecule has 0 fully saturated rings. The van der Waals surface area contributed by atoms with Crippen LogP contribution >= 0.6 is 11.6 Å². The summed E-state index contributed by atoms with van der Waals surface area (Å²) in [6.45, 7) is 2.17. The second kappa shape index (κ2) is 8.02. The summed E-state index contributed by atoms with van der Waals surface area (Å²) >= 11 is 5.99. The molecule has 0 spiro atoms. The second-order valence-electron chi connectivity index (χ2n) is 5.71. The van der Waals surface area contributed by atoms with E-state index in [9.17, 15) is 9.18 Å². The largest absolute Gasteiger partial charge is 0.486 e. The average Bonchev–Trinajstić information content (AvgIpc) is 3.09. The quantitative estimate of drug-likeness (QED) is 0.403. The predicted octanol–water partition coefficient (Wildman–Crippen LogP) is 5.86. The first-order chi connectivity index (χ1) is 12.5. The lowest BCUT2D eigenvalue weighted by molar-refractivity contribution is 0.104. The Bertz CT molecular complexity index is 942. The number of ketones is 1. The van der Waals surface area contributed by atoms with Gasteiger partial charge in [-0.3, -0.25) is 4.79 Å². The van der Waals surface area contributed by atoms with Crippen LogP contribution in [0.5, 0.6) is 5.75 Å². The van der Waals surface area contributed by atoms with Crippen LogP contribution in [0.4, 0.5) is 4.39 Å². The maximum atomic E-state index is 12.9. The maximum Gasteiger partial charge on any atom is 0.185 e. The Kier molecular flexibility index (Phi) is 5.54. The van der Waals surface area contributed by atoms with Gasteiger partial charge in [0.2, 0.25) is 0 Å². The van der Waals surface area contributed by atoms with Gasteiger partial charge in [0.15, 0.2) is 5.78 Å². The molecule has 0 saturated carbocycles. The smallest absolute Gasteiger partial charge is 0.185 e. The summed E-state index contributed by atoms with van der Waals surface area (Å²) in [5, 5.41) is 0.689. The molecule has 0 bridgehead atoms. The number of allylic oxidation sites excluding steroid dienone is 1. The fraction of sp³-hybridized carbons (Fsp3) is 0.0952. The predicted molar refractivity (Wildman–Crippen MR) is 99.0 cm³/mol. The van der Waals surface area contributed by atoms with Crippen molar-refractivity contribution in [1.82, 2.24) is 0 Å². The summed E-state index contributed by atoms with van der Waals surface area (Å²) in [5.74, 6) is 1.26. The van der Waals surface area contributed by atoms with Crippen LogP contribution in [0, 0.1) is 12.7 Å². The Balaban J connectivity index is 1.59. The van der Waals surface area contributed by atoms with Crippen molar-refractivity contribution in [2.75, 3.05) is 0 Å². The van der Waals surface area contributed by atoms with E-state index in [1.165, 1.54) is 30.3 Å². The van der Waals surface area contributed by atoms with Gasteiger partial charge in [-0.15, -0.1) is 0 Å². The third kappa shape index (κ3) is 4.61. The third-order valence-corrected chi connectivity index (χ3v) is 4.14. The zero-order chi connectivity index (χ0) is 18.5. The molecule has 0 radical (unpaired) electrons. The van der Waals surface area contributed by atoms with Gasteiger partial charge in [0.1, 0.15) is 29.7 Å². The summed E-state index contributed by atoms with van der Waals surface area (Å²) < 4.78 is 24.2. The van der Waals surface area contributed by atoms with Crippen molar-refractivity contribution in [2.45, 2.75) is 13.5 Å². The van der Waals surface area contributed by atoms with E-state index >= 15 is 0 Å². The molecule has 1 heterocycles. The van der Waals surface area contributed by atoms with Crippen LogP contribution in [0.15, 0.2) is 65.1 Å². The van der Waals surface area contributed by atoms with Gasteiger partial charge in [0.25, 0.3) is 0 Å². The van der Waals surface area contributed by atoms with Crippen LogP contribution in [0.25, 0.3) is 6.08 Å². The van der Waals surface area contributed by atoms with Crippen LogP contribution in [0.1, 0.15) is 27.4 Å². The highest BCUT2D eigenvalue weighted by Crippen LogP contribution is 2.22. The Morgan fingerprint density at radius 3 is 2.65 bits per heavy atom. The summed E-state index contributed by atoms with van der Waals surface area (Å²) in [4.78, 5) is 12.0. The molecule has 0 unspecified atom stereocenters. The van der Waals surface area contributed by atoms with Crippen molar-refractivity contribution in [3.05, 3.63) is 94.2 Å². The Hall–Kier alpha value is -2.85. The summed E-state index contributed by atoms with van der Waals surface area (Å²) in [7, 11) is 0. The van der Waals surface area contributed by atoms with Gasteiger partial charge in [0.05, 0.1) is 0 Å². The van der Waals surface area contributed by atoms with E-state index in [4.69, 9.17) is 20.8 Å². The minimum Gasteiger partial charge on any atom is -0.486 e. The number of carbonyl (C=O) groups excluding carboxylic acids is 1. The van der Waals surface area contributed by atoms with E-state index in [0.717, 1.165) is 5.56 Å². The number of hydrogen-bond donors (Lipinski definition) is 0. The Morgan fingerprint density at radius 1 is 1.15 bits per heavy atom. The van der Waals surface area contributed by atoms with Crippen LogP contribution < -0.4 is 4.74 Å². The van der Waals surface area contributed by atoms with Crippen molar-refractivity contribution in [1.29, 1.82) is 0 Å². The number of benzene rings is 2. The van der Waals surface area contributed by atoms with Gasteiger partial charge in [-0.2, -0.15) is 0 Å². The number of halogens is 2. The standard InChI is InChI=1S/C21H16ClFO3/c1-14-12-18(8-10-20(14)22)25-13-19-7-6-17(26-19)9-11-21(24)15-2-4-16(23)5-3-15/h2-12H,13H2,1H3/b11-9+. The first-order valence-corrected chi connectivity index (χ1v) is 8.35. The Morgan fingerprint density at radius 2 is 1.92 bits per heavy atom. The van der Waals surface area contributed by atoms with Gasteiger partial charge in [-0.1, -0.05) is 11.6 Å². The van der Waals surface area contributed by atoms with E-state index in [2.05, 4.69) is 0 Å². The number of rotatable bonds is 6. The fourth-order valence-electron chi connectivity index (χ4n) is 2.29. The molecule has 3 nitrogen and oxygen atoms in total. The molecule has 3 rings (SSSR count).